The number of azide groups is 1. The lowest BCUT2D eigenvalue weighted by Crippen LogP contribution is -1.97. The first kappa shape index (κ1) is 13.6. The van der Waals surface area contributed by atoms with Gasteiger partial charge in [0.15, 0.2) is 0 Å². The summed E-state index contributed by atoms with van der Waals surface area (Å²) in [6, 6.07) is 7.47. The molecule has 1 aromatic carbocycles. The Hall–Kier alpha value is -2.44. The predicted octanol–water partition coefficient (Wildman–Crippen LogP) is 2.76. The molecule has 1 rings (SSSR count). The Balaban J connectivity index is 2.49. The van der Waals surface area contributed by atoms with Gasteiger partial charge in [-0.15, -0.1) is 0 Å². The molecule has 0 radical (unpaired) electrons. The van der Waals surface area contributed by atoms with Gasteiger partial charge in [-0.3, -0.25) is 4.79 Å². The highest BCUT2D eigenvalue weighted by molar-refractivity contribution is 5.67. The minimum absolute atomic E-state index is 0.136. The lowest BCUT2D eigenvalue weighted by atomic mass is 10.1. The van der Waals surface area contributed by atoms with E-state index in [2.05, 4.69) is 21.9 Å². The van der Waals surface area contributed by atoms with Crippen LogP contribution in [0.5, 0.6) is 0 Å². The Morgan fingerprint density at radius 1 is 1.39 bits per heavy atom. The van der Waals surface area contributed by atoms with Crippen molar-refractivity contribution >= 4 is 5.97 Å². The van der Waals surface area contributed by atoms with Crippen molar-refractivity contribution in [3.8, 4) is 11.8 Å². The van der Waals surface area contributed by atoms with Gasteiger partial charge in [0.1, 0.15) is 0 Å². The predicted molar refractivity (Wildman–Crippen MR) is 67.9 cm³/mol. The van der Waals surface area contributed by atoms with Crippen LogP contribution in [0.1, 0.15) is 24.0 Å². The minimum atomic E-state index is -0.795. The first-order valence-corrected chi connectivity index (χ1v) is 5.53. The summed E-state index contributed by atoms with van der Waals surface area (Å²) >= 11 is 0. The summed E-state index contributed by atoms with van der Waals surface area (Å²) in [7, 11) is 0. The third kappa shape index (κ3) is 5.59. The van der Waals surface area contributed by atoms with Crippen molar-refractivity contribution in [2.24, 2.45) is 5.11 Å². The molecule has 5 nitrogen and oxygen atoms in total. The molecule has 0 unspecified atom stereocenters. The van der Waals surface area contributed by atoms with Crippen LogP contribution in [0.4, 0.5) is 0 Å². The molecule has 18 heavy (non-hydrogen) atoms. The topological polar surface area (TPSA) is 86.1 Å². The SMILES string of the molecule is [N-]=[N+]=NCCC#Cc1ccc(CCC(=O)O)cc1. The molecule has 0 aliphatic rings. The zero-order valence-corrected chi connectivity index (χ0v) is 9.83. The molecule has 0 saturated carbocycles. The molecular formula is C13H13N3O2. The molecule has 0 aliphatic carbocycles. The fraction of sp³-hybridized carbons (Fsp3) is 0.308. The van der Waals surface area contributed by atoms with Crippen molar-refractivity contribution in [3.05, 3.63) is 45.8 Å². The molecule has 1 aromatic rings. The molecule has 0 spiro atoms. The molecule has 0 bridgehead atoms. The fourth-order valence-corrected chi connectivity index (χ4v) is 1.32. The van der Waals surface area contributed by atoms with Gasteiger partial charge < -0.3 is 5.11 Å². The lowest BCUT2D eigenvalue weighted by Gasteiger charge is -1.98. The van der Waals surface area contributed by atoms with E-state index < -0.39 is 5.97 Å². The van der Waals surface area contributed by atoms with Crippen LogP contribution in [-0.4, -0.2) is 17.6 Å². The van der Waals surface area contributed by atoms with Gasteiger partial charge in [0, 0.05) is 29.9 Å². The van der Waals surface area contributed by atoms with Gasteiger partial charge >= 0.3 is 5.97 Å². The van der Waals surface area contributed by atoms with Gasteiger partial charge in [0.05, 0.1) is 0 Å². The molecule has 5 heteroatoms. The average molecular weight is 243 g/mol. The van der Waals surface area contributed by atoms with E-state index in [9.17, 15) is 4.79 Å². The maximum atomic E-state index is 10.4. The number of carbonyl (C=O) groups is 1. The molecule has 0 atom stereocenters. The highest BCUT2D eigenvalue weighted by Crippen LogP contribution is 2.06. The van der Waals surface area contributed by atoms with Gasteiger partial charge in [-0.2, -0.15) is 0 Å². The molecule has 0 fully saturated rings. The van der Waals surface area contributed by atoms with Crippen molar-refractivity contribution in [1.29, 1.82) is 0 Å². The van der Waals surface area contributed by atoms with E-state index in [4.69, 9.17) is 10.6 Å². The van der Waals surface area contributed by atoms with Gasteiger partial charge in [-0.05, 0) is 29.6 Å². The first-order valence-electron chi connectivity index (χ1n) is 5.53. The van der Waals surface area contributed by atoms with E-state index in [-0.39, 0.29) is 6.42 Å². The number of carboxylic acid groups (broad SMARTS) is 1. The van der Waals surface area contributed by atoms with Crippen LogP contribution >= 0.6 is 0 Å². The second-order valence-corrected chi connectivity index (χ2v) is 3.60. The molecule has 0 saturated heterocycles. The Morgan fingerprint density at radius 2 is 2.11 bits per heavy atom. The van der Waals surface area contributed by atoms with E-state index in [0.717, 1.165) is 11.1 Å². The van der Waals surface area contributed by atoms with Gasteiger partial charge in [-0.25, -0.2) is 0 Å². The van der Waals surface area contributed by atoms with Crippen LogP contribution in [0, 0.1) is 11.8 Å². The van der Waals surface area contributed by atoms with E-state index in [0.29, 0.717) is 19.4 Å². The molecule has 0 heterocycles. The summed E-state index contributed by atoms with van der Waals surface area (Å²) in [5, 5.41) is 11.9. The molecule has 1 N–H and O–H groups in total. The van der Waals surface area contributed by atoms with Crippen LogP contribution in [0.2, 0.25) is 0 Å². The third-order valence-corrected chi connectivity index (χ3v) is 2.21. The summed E-state index contributed by atoms with van der Waals surface area (Å²) in [5.74, 6) is 5.05. The number of hydrogen-bond acceptors (Lipinski definition) is 2. The molecule has 0 aromatic heterocycles. The van der Waals surface area contributed by atoms with Crippen molar-refractivity contribution in [3.63, 3.8) is 0 Å². The summed E-state index contributed by atoms with van der Waals surface area (Å²) in [5.41, 5.74) is 9.92. The van der Waals surface area contributed by atoms with Crippen LogP contribution in [-0.2, 0) is 11.2 Å². The second kappa shape index (κ2) is 7.77. The minimum Gasteiger partial charge on any atom is -0.481 e. The number of hydrogen-bond donors (Lipinski definition) is 1. The number of aryl methyl sites for hydroxylation is 1. The normalized spacial score (nSPS) is 8.89. The van der Waals surface area contributed by atoms with Gasteiger partial charge in [-0.1, -0.05) is 29.1 Å². The maximum absolute atomic E-state index is 10.4. The van der Waals surface area contributed by atoms with E-state index >= 15 is 0 Å². The van der Waals surface area contributed by atoms with Crippen LogP contribution in [0.25, 0.3) is 10.4 Å². The number of nitrogens with zero attached hydrogens (tertiary/aromatic N) is 3. The third-order valence-electron chi connectivity index (χ3n) is 2.21. The van der Waals surface area contributed by atoms with Crippen LogP contribution < -0.4 is 0 Å². The smallest absolute Gasteiger partial charge is 0.303 e. The Bertz CT molecular complexity index is 505. The summed E-state index contributed by atoms with van der Waals surface area (Å²) in [4.78, 5) is 13.0. The van der Waals surface area contributed by atoms with Crippen molar-refractivity contribution < 1.29 is 9.90 Å². The van der Waals surface area contributed by atoms with E-state index in [1.165, 1.54) is 0 Å². The lowest BCUT2D eigenvalue weighted by molar-refractivity contribution is -0.136. The monoisotopic (exact) mass is 243 g/mol. The van der Waals surface area contributed by atoms with Crippen LogP contribution in [0.3, 0.4) is 0 Å². The standard InChI is InChI=1S/C13H13N3O2/c14-16-15-10-2-1-3-11-4-6-12(7-5-11)8-9-13(17)18/h4-7H,2,8-10H2,(H,17,18). The largest absolute Gasteiger partial charge is 0.481 e. The Morgan fingerprint density at radius 3 is 2.72 bits per heavy atom. The zero-order valence-electron chi connectivity index (χ0n) is 9.83. The number of benzene rings is 1. The highest BCUT2D eigenvalue weighted by Gasteiger charge is 1.98. The quantitative estimate of drug-likeness (QED) is 0.283. The molecular weight excluding hydrogens is 230 g/mol. The van der Waals surface area contributed by atoms with Gasteiger partial charge in [0.25, 0.3) is 0 Å². The molecule has 0 amide bonds. The number of rotatable bonds is 5. The number of aliphatic carboxylic acids is 1. The first-order chi connectivity index (χ1) is 8.72. The fourth-order valence-electron chi connectivity index (χ4n) is 1.32. The van der Waals surface area contributed by atoms with Crippen molar-refractivity contribution in [2.75, 3.05) is 6.54 Å². The van der Waals surface area contributed by atoms with Crippen molar-refractivity contribution in [1.82, 2.24) is 0 Å². The Labute approximate surface area is 105 Å². The highest BCUT2D eigenvalue weighted by atomic mass is 16.4. The number of carboxylic acids is 1. The maximum Gasteiger partial charge on any atom is 0.303 e. The average Bonchev–Trinajstić information content (AvgIpc) is 2.37. The van der Waals surface area contributed by atoms with E-state index in [1.54, 1.807) is 0 Å². The summed E-state index contributed by atoms with van der Waals surface area (Å²) in [6.45, 7) is 0.375. The molecule has 0 aliphatic heterocycles. The summed E-state index contributed by atoms with van der Waals surface area (Å²) < 4.78 is 0. The van der Waals surface area contributed by atoms with E-state index in [1.807, 2.05) is 24.3 Å². The molecule has 92 valence electrons. The zero-order chi connectivity index (χ0) is 13.2. The summed E-state index contributed by atoms with van der Waals surface area (Å²) in [6.07, 6.45) is 1.20. The second-order valence-electron chi connectivity index (χ2n) is 3.60. The Kier molecular flexibility index (Phi) is 5.88. The van der Waals surface area contributed by atoms with Crippen molar-refractivity contribution in [2.45, 2.75) is 19.3 Å². The van der Waals surface area contributed by atoms with Crippen LogP contribution in [0.15, 0.2) is 29.4 Å². The van der Waals surface area contributed by atoms with Gasteiger partial charge in [0.2, 0.25) is 0 Å².